The number of anilines is 1. The predicted octanol–water partition coefficient (Wildman–Crippen LogP) is 4.32. The minimum absolute atomic E-state index is 0.00450. The lowest BCUT2D eigenvalue weighted by molar-refractivity contribution is -0.139. The van der Waals surface area contributed by atoms with E-state index in [1.54, 1.807) is 31.2 Å². The van der Waals surface area contributed by atoms with Gasteiger partial charge in [-0.15, -0.1) is 0 Å². The first-order valence-electron chi connectivity index (χ1n) is 11.4. The molecule has 7 nitrogen and oxygen atoms in total. The molecule has 3 aromatic carbocycles. The average Bonchev–Trinajstić information content (AvgIpc) is 2.85. The molecule has 190 valence electrons. The smallest absolute Gasteiger partial charge is 0.264 e. The van der Waals surface area contributed by atoms with E-state index in [-0.39, 0.29) is 17.3 Å². The van der Waals surface area contributed by atoms with Crippen molar-refractivity contribution in [3.63, 3.8) is 0 Å². The number of nitrogens with one attached hydrogen (secondary N) is 1. The summed E-state index contributed by atoms with van der Waals surface area (Å²) in [6, 6.07) is 19.4. The van der Waals surface area contributed by atoms with Gasteiger partial charge in [-0.2, -0.15) is 0 Å². The Balaban J connectivity index is 2.02. The van der Waals surface area contributed by atoms with Crippen LogP contribution in [0.15, 0.2) is 77.7 Å². The van der Waals surface area contributed by atoms with E-state index in [9.17, 15) is 18.0 Å². The maximum atomic E-state index is 13.7. The highest BCUT2D eigenvalue weighted by molar-refractivity contribution is 7.92. The van der Waals surface area contributed by atoms with Gasteiger partial charge in [-0.3, -0.25) is 13.9 Å². The molecule has 0 aliphatic carbocycles. The molecule has 1 atom stereocenters. The molecule has 0 fully saturated rings. The van der Waals surface area contributed by atoms with Crippen molar-refractivity contribution in [2.24, 2.45) is 0 Å². The Labute approximate surface area is 217 Å². The first-order chi connectivity index (χ1) is 17.0. The van der Waals surface area contributed by atoms with Crippen LogP contribution < -0.4 is 9.62 Å². The molecule has 0 aliphatic heterocycles. The van der Waals surface area contributed by atoms with E-state index in [4.69, 9.17) is 11.6 Å². The number of hydrogen-bond donors (Lipinski definition) is 1. The Morgan fingerprint density at radius 3 is 2.17 bits per heavy atom. The van der Waals surface area contributed by atoms with Crippen LogP contribution in [0.4, 0.5) is 5.69 Å². The Morgan fingerprint density at radius 1 is 0.944 bits per heavy atom. The summed E-state index contributed by atoms with van der Waals surface area (Å²) in [5.41, 5.74) is 3.14. The minimum Gasteiger partial charge on any atom is -0.357 e. The minimum atomic E-state index is -4.12. The van der Waals surface area contributed by atoms with Gasteiger partial charge >= 0.3 is 0 Å². The number of carbonyl (C=O) groups is 2. The van der Waals surface area contributed by atoms with Crippen LogP contribution in [0.3, 0.4) is 0 Å². The highest BCUT2D eigenvalue weighted by Gasteiger charge is 2.32. The van der Waals surface area contributed by atoms with E-state index in [0.717, 1.165) is 21.0 Å². The quantitative estimate of drug-likeness (QED) is 0.449. The molecule has 9 heteroatoms. The second-order valence-electron chi connectivity index (χ2n) is 8.60. The fraction of sp³-hybridized carbons (Fsp3) is 0.259. The molecule has 0 bridgehead atoms. The molecular formula is C27H30ClN3O4S. The van der Waals surface area contributed by atoms with Crippen LogP contribution in [-0.2, 0) is 26.2 Å². The Bertz CT molecular complexity index is 1330. The number of halogens is 1. The maximum Gasteiger partial charge on any atom is 0.264 e. The standard InChI is InChI=1S/C27H30ClN3O4S/c1-19-8-12-24(13-9-19)31(36(34,35)25-14-10-23(28)11-15-25)18-26(32)30(21(3)27(33)29-4)17-22-7-5-6-20(2)16-22/h5-16,21H,17-18H2,1-4H3,(H,29,33). The summed E-state index contributed by atoms with van der Waals surface area (Å²) in [5, 5.41) is 2.97. The van der Waals surface area contributed by atoms with Gasteiger partial charge in [-0.1, -0.05) is 59.1 Å². The SMILES string of the molecule is CNC(=O)C(C)N(Cc1cccc(C)c1)C(=O)CN(c1ccc(C)cc1)S(=O)(=O)c1ccc(Cl)cc1. The summed E-state index contributed by atoms with van der Waals surface area (Å²) >= 11 is 5.96. The van der Waals surface area contributed by atoms with E-state index in [1.165, 1.54) is 36.2 Å². The van der Waals surface area contributed by atoms with Crippen LogP contribution >= 0.6 is 11.6 Å². The van der Waals surface area contributed by atoms with Gasteiger partial charge in [0.15, 0.2) is 0 Å². The first-order valence-corrected chi connectivity index (χ1v) is 13.3. The third kappa shape index (κ3) is 6.44. The zero-order valence-electron chi connectivity index (χ0n) is 20.7. The van der Waals surface area contributed by atoms with E-state index < -0.39 is 28.5 Å². The molecule has 0 aromatic heterocycles. The fourth-order valence-electron chi connectivity index (χ4n) is 3.77. The van der Waals surface area contributed by atoms with Crippen molar-refractivity contribution in [2.75, 3.05) is 17.9 Å². The molecule has 2 amide bonds. The van der Waals surface area contributed by atoms with Crippen molar-refractivity contribution in [1.29, 1.82) is 0 Å². The van der Waals surface area contributed by atoms with Crippen molar-refractivity contribution in [1.82, 2.24) is 10.2 Å². The normalized spacial score (nSPS) is 12.0. The number of nitrogens with zero attached hydrogens (tertiary/aromatic N) is 2. The van der Waals surface area contributed by atoms with Gasteiger partial charge in [-0.05, 0) is 62.7 Å². The van der Waals surface area contributed by atoms with Gasteiger partial charge in [0.25, 0.3) is 10.0 Å². The zero-order chi connectivity index (χ0) is 26.5. The Kier molecular flexibility index (Phi) is 8.76. The molecule has 0 radical (unpaired) electrons. The van der Waals surface area contributed by atoms with Crippen LogP contribution in [0.5, 0.6) is 0 Å². The second kappa shape index (κ2) is 11.6. The van der Waals surface area contributed by atoms with Crippen molar-refractivity contribution in [2.45, 2.75) is 38.3 Å². The van der Waals surface area contributed by atoms with Gasteiger partial charge in [0.2, 0.25) is 11.8 Å². The van der Waals surface area contributed by atoms with Crippen LogP contribution in [-0.4, -0.2) is 44.8 Å². The number of carbonyl (C=O) groups excluding carboxylic acids is 2. The molecule has 0 heterocycles. The maximum absolute atomic E-state index is 13.7. The fourth-order valence-corrected chi connectivity index (χ4v) is 5.31. The van der Waals surface area contributed by atoms with E-state index >= 15 is 0 Å². The Hall–Kier alpha value is -3.36. The van der Waals surface area contributed by atoms with Crippen LogP contribution in [0, 0.1) is 13.8 Å². The lowest BCUT2D eigenvalue weighted by atomic mass is 10.1. The van der Waals surface area contributed by atoms with Gasteiger partial charge in [-0.25, -0.2) is 8.42 Å². The van der Waals surface area contributed by atoms with Crippen molar-refractivity contribution in [3.05, 3.63) is 94.5 Å². The molecule has 1 unspecified atom stereocenters. The summed E-state index contributed by atoms with van der Waals surface area (Å²) < 4.78 is 28.4. The van der Waals surface area contributed by atoms with Crippen molar-refractivity contribution < 1.29 is 18.0 Å². The zero-order valence-corrected chi connectivity index (χ0v) is 22.3. The van der Waals surface area contributed by atoms with Crippen molar-refractivity contribution in [3.8, 4) is 0 Å². The van der Waals surface area contributed by atoms with Gasteiger partial charge < -0.3 is 10.2 Å². The second-order valence-corrected chi connectivity index (χ2v) is 10.9. The largest absolute Gasteiger partial charge is 0.357 e. The van der Waals surface area contributed by atoms with E-state index in [2.05, 4.69) is 5.32 Å². The molecule has 1 N–H and O–H groups in total. The number of hydrogen-bond acceptors (Lipinski definition) is 4. The van der Waals surface area contributed by atoms with E-state index in [0.29, 0.717) is 10.7 Å². The molecular weight excluding hydrogens is 498 g/mol. The number of aryl methyl sites for hydroxylation is 2. The topological polar surface area (TPSA) is 86.8 Å². The number of sulfonamides is 1. The first kappa shape index (κ1) is 27.2. The summed E-state index contributed by atoms with van der Waals surface area (Å²) in [6.07, 6.45) is 0. The summed E-state index contributed by atoms with van der Waals surface area (Å²) in [5.74, 6) is -0.857. The van der Waals surface area contributed by atoms with E-state index in [1.807, 2.05) is 38.1 Å². The molecule has 36 heavy (non-hydrogen) atoms. The highest BCUT2D eigenvalue weighted by atomic mass is 35.5. The van der Waals surface area contributed by atoms with Gasteiger partial charge in [0, 0.05) is 18.6 Å². The summed E-state index contributed by atoms with van der Waals surface area (Å²) in [4.78, 5) is 27.6. The van der Waals surface area contributed by atoms with Crippen molar-refractivity contribution >= 4 is 39.1 Å². The molecule has 0 saturated carbocycles. The lowest BCUT2D eigenvalue weighted by Crippen LogP contribution is -2.50. The third-order valence-corrected chi connectivity index (χ3v) is 7.89. The molecule has 0 spiro atoms. The predicted molar refractivity (Wildman–Crippen MR) is 142 cm³/mol. The van der Waals surface area contributed by atoms with Crippen LogP contribution in [0.2, 0.25) is 5.02 Å². The Morgan fingerprint density at radius 2 is 1.58 bits per heavy atom. The lowest BCUT2D eigenvalue weighted by Gasteiger charge is -2.32. The molecule has 3 rings (SSSR count). The number of amides is 2. The monoisotopic (exact) mass is 527 g/mol. The van der Waals surface area contributed by atoms with Gasteiger partial charge in [0.05, 0.1) is 10.6 Å². The highest BCUT2D eigenvalue weighted by Crippen LogP contribution is 2.26. The van der Waals surface area contributed by atoms with Crippen LogP contribution in [0.1, 0.15) is 23.6 Å². The molecule has 0 saturated heterocycles. The third-order valence-electron chi connectivity index (χ3n) is 5.85. The van der Waals surface area contributed by atoms with Gasteiger partial charge in [0.1, 0.15) is 12.6 Å². The summed E-state index contributed by atoms with van der Waals surface area (Å²) in [7, 11) is -2.62. The average molecular weight is 528 g/mol. The number of rotatable bonds is 9. The van der Waals surface area contributed by atoms with Crippen LogP contribution in [0.25, 0.3) is 0 Å². The summed E-state index contributed by atoms with van der Waals surface area (Å²) in [6.45, 7) is 5.12. The number of benzene rings is 3. The molecule has 0 aliphatic rings. The molecule has 3 aromatic rings. The number of likely N-dealkylation sites (N-methyl/N-ethyl adjacent to an activating group) is 1.